The van der Waals surface area contributed by atoms with Gasteiger partial charge in [0.25, 0.3) is 0 Å². The molecule has 0 spiro atoms. The van der Waals surface area contributed by atoms with Crippen LogP contribution in [0.3, 0.4) is 0 Å². The standard InChI is InChI=1S/C19H33N5O2/c1-5-10-26-17-7-6-16(13-21-17)14-22-18(20-4)23-15-19(2,3)24-8-11-25-12-9-24/h6-7,13H,5,8-12,14-15H2,1-4H3,(H2,20,22,23). The summed E-state index contributed by atoms with van der Waals surface area (Å²) in [7, 11) is 1.79. The van der Waals surface area contributed by atoms with Gasteiger partial charge in [0.2, 0.25) is 5.88 Å². The number of aliphatic imine (C=N–C) groups is 1. The van der Waals surface area contributed by atoms with Crippen LogP contribution in [0.2, 0.25) is 0 Å². The molecular formula is C19H33N5O2. The van der Waals surface area contributed by atoms with E-state index in [0.29, 0.717) is 19.0 Å². The normalized spacial score (nSPS) is 16.4. The maximum absolute atomic E-state index is 5.51. The lowest BCUT2D eigenvalue weighted by Crippen LogP contribution is -2.56. The van der Waals surface area contributed by atoms with E-state index in [4.69, 9.17) is 9.47 Å². The molecule has 1 aliphatic rings. The van der Waals surface area contributed by atoms with Gasteiger partial charge in [-0.15, -0.1) is 0 Å². The molecule has 0 bridgehead atoms. The van der Waals surface area contributed by atoms with Gasteiger partial charge >= 0.3 is 0 Å². The Morgan fingerprint density at radius 1 is 1.31 bits per heavy atom. The SMILES string of the molecule is CCCOc1ccc(CNC(=NC)NCC(C)(C)N2CCOCC2)cn1. The Balaban J connectivity index is 1.78. The Kier molecular flexibility index (Phi) is 8.12. The van der Waals surface area contributed by atoms with Crippen molar-refractivity contribution >= 4 is 5.96 Å². The molecule has 0 atom stereocenters. The number of hydrogen-bond acceptors (Lipinski definition) is 5. The number of rotatable bonds is 8. The van der Waals surface area contributed by atoms with E-state index in [1.165, 1.54) is 0 Å². The lowest BCUT2D eigenvalue weighted by Gasteiger charge is -2.41. The average Bonchev–Trinajstić information content (AvgIpc) is 2.68. The molecule has 1 saturated heterocycles. The fraction of sp³-hybridized carbons (Fsp3) is 0.684. The van der Waals surface area contributed by atoms with E-state index in [0.717, 1.165) is 50.8 Å². The molecule has 2 rings (SSSR count). The molecule has 0 radical (unpaired) electrons. The number of nitrogens with one attached hydrogen (secondary N) is 2. The summed E-state index contributed by atoms with van der Waals surface area (Å²) < 4.78 is 11.0. The van der Waals surface area contributed by atoms with Crippen LogP contribution in [0.15, 0.2) is 23.3 Å². The molecular weight excluding hydrogens is 330 g/mol. The summed E-state index contributed by atoms with van der Waals surface area (Å²) in [4.78, 5) is 11.1. The van der Waals surface area contributed by atoms with Gasteiger partial charge in [-0.1, -0.05) is 13.0 Å². The van der Waals surface area contributed by atoms with Gasteiger partial charge in [0, 0.05) is 51.0 Å². The van der Waals surface area contributed by atoms with Crippen LogP contribution in [-0.2, 0) is 11.3 Å². The summed E-state index contributed by atoms with van der Waals surface area (Å²) in [6.07, 6.45) is 2.82. The van der Waals surface area contributed by atoms with Crippen LogP contribution >= 0.6 is 0 Å². The van der Waals surface area contributed by atoms with E-state index in [-0.39, 0.29) is 5.54 Å². The smallest absolute Gasteiger partial charge is 0.213 e. The summed E-state index contributed by atoms with van der Waals surface area (Å²) in [5, 5.41) is 6.77. The fourth-order valence-corrected chi connectivity index (χ4v) is 2.79. The molecule has 7 heteroatoms. The largest absolute Gasteiger partial charge is 0.478 e. The Labute approximate surface area is 157 Å². The fourth-order valence-electron chi connectivity index (χ4n) is 2.79. The summed E-state index contributed by atoms with van der Waals surface area (Å²) in [6.45, 7) is 12.3. The zero-order chi connectivity index (χ0) is 18.8. The van der Waals surface area contributed by atoms with Gasteiger partial charge in [-0.25, -0.2) is 4.98 Å². The van der Waals surface area contributed by atoms with Crippen LogP contribution in [-0.4, -0.2) is 67.9 Å². The molecule has 7 nitrogen and oxygen atoms in total. The van der Waals surface area contributed by atoms with E-state index < -0.39 is 0 Å². The Morgan fingerprint density at radius 3 is 2.69 bits per heavy atom. The first-order chi connectivity index (χ1) is 12.5. The highest BCUT2D eigenvalue weighted by Crippen LogP contribution is 2.15. The predicted octanol–water partition coefficient (Wildman–Crippen LogP) is 1.65. The third-order valence-electron chi connectivity index (χ3n) is 4.49. The van der Waals surface area contributed by atoms with Gasteiger partial charge in [0.1, 0.15) is 0 Å². The van der Waals surface area contributed by atoms with Crippen LogP contribution in [0, 0.1) is 0 Å². The highest BCUT2D eigenvalue weighted by molar-refractivity contribution is 5.79. The van der Waals surface area contributed by atoms with Crippen molar-refractivity contribution in [3.05, 3.63) is 23.9 Å². The van der Waals surface area contributed by atoms with Gasteiger partial charge in [0.15, 0.2) is 5.96 Å². The van der Waals surface area contributed by atoms with Crippen molar-refractivity contribution in [1.82, 2.24) is 20.5 Å². The molecule has 26 heavy (non-hydrogen) atoms. The monoisotopic (exact) mass is 363 g/mol. The maximum Gasteiger partial charge on any atom is 0.213 e. The number of nitrogens with zero attached hydrogens (tertiary/aromatic N) is 3. The Morgan fingerprint density at radius 2 is 2.08 bits per heavy atom. The third kappa shape index (κ3) is 6.46. The molecule has 1 aromatic heterocycles. The zero-order valence-corrected chi connectivity index (χ0v) is 16.5. The molecule has 0 aromatic carbocycles. The predicted molar refractivity (Wildman–Crippen MR) is 105 cm³/mol. The van der Waals surface area contributed by atoms with Crippen molar-refractivity contribution in [3.63, 3.8) is 0 Å². The highest BCUT2D eigenvalue weighted by Gasteiger charge is 2.28. The molecule has 2 N–H and O–H groups in total. The summed E-state index contributed by atoms with van der Waals surface area (Å²) in [5.41, 5.74) is 1.13. The third-order valence-corrected chi connectivity index (χ3v) is 4.49. The highest BCUT2D eigenvalue weighted by atomic mass is 16.5. The maximum atomic E-state index is 5.51. The van der Waals surface area contributed by atoms with Gasteiger partial charge < -0.3 is 20.1 Å². The topological polar surface area (TPSA) is 71.0 Å². The number of ether oxygens (including phenoxy) is 2. The van der Waals surface area contributed by atoms with Crippen molar-refractivity contribution in [2.75, 3.05) is 46.5 Å². The van der Waals surface area contributed by atoms with E-state index in [2.05, 4.69) is 46.3 Å². The minimum atomic E-state index is 0.0429. The summed E-state index contributed by atoms with van der Waals surface area (Å²) in [5.74, 6) is 1.46. The number of morpholine rings is 1. The van der Waals surface area contributed by atoms with Crippen molar-refractivity contribution in [2.24, 2.45) is 4.99 Å². The van der Waals surface area contributed by atoms with Crippen LogP contribution in [0.25, 0.3) is 0 Å². The second kappa shape index (κ2) is 10.3. The van der Waals surface area contributed by atoms with E-state index in [1.807, 2.05) is 18.3 Å². The van der Waals surface area contributed by atoms with Crippen molar-refractivity contribution in [2.45, 2.75) is 39.3 Å². The van der Waals surface area contributed by atoms with Crippen molar-refractivity contribution in [3.8, 4) is 5.88 Å². The lowest BCUT2D eigenvalue weighted by molar-refractivity contribution is -0.00834. The first kappa shape index (κ1) is 20.5. The minimum Gasteiger partial charge on any atom is -0.478 e. The number of pyridine rings is 1. The summed E-state index contributed by atoms with van der Waals surface area (Å²) in [6, 6.07) is 3.93. The molecule has 1 aliphatic heterocycles. The quantitative estimate of drug-likeness (QED) is 0.541. The number of guanidine groups is 1. The van der Waals surface area contributed by atoms with Crippen LogP contribution < -0.4 is 15.4 Å². The molecule has 1 fully saturated rings. The molecule has 146 valence electrons. The second-order valence-corrected chi connectivity index (χ2v) is 7.04. The van der Waals surface area contributed by atoms with Gasteiger partial charge in [0.05, 0.1) is 19.8 Å². The molecule has 0 saturated carbocycles. The summed E-state index contributed by atoms with van der Waals surface area (Å²) >= 11 is 0. The number of hydrogen-bond donors (Lipinski definition) is 2. The number of aromatic nitrogens is 1. The van der Waals surface area contributed by atoms with Crippen LogP contribution in [0.5, 0.6) is 5.88 Å². The van der Waals surface area contributed by atoms with Crippen LogP contribution in [0.1, 0.15) is 32.8 Å². The molecule has 2 heterocycles. The van der Waals surface area contributed by atoms with E-state index >= 15 is 0 Å². The lowest BCUT2D eigenvalue weighted by atomic mass is 10.0. The van der Waals surface area contributed by atoms with Crippen molar-refractivity contribution in [1.29, 1.82) is 0 Å². The molecule has 0 unspecified atom stereocenters. The van der Waals surface area contributed by atoms with E-state index in [9.17, 15) is 0 Å². The van der Waals surface area contributed by atoms with Gasteiger partial charge in [-0.05, 0) is 25.8 Å². The van der Waals surface area contributed by atoms with Gasteiger partial charge in [-0.2, -0.15) is 0 Å². The molecule has 1 aromatic rings. The minimum absolute atomic E-state index is 0.0429. The first-order valence-corrected chi connectivity index (χ1v) is 9.40. The molecule has 0 amide bonds. The average molecular weight is 364 g/mol. The zero-order valence-electron chi connectivity index (χ0n) is 16.5. The Bertz CT molecular complexity index is 554. The first-order valence-electron chi connectivity index (χ1n) is 9.40. The Hall–Kier alpha value is -1.86. The van der Waals surface area contributed by atoms with E-state index in [1.54, 1.807) is 7.05 Å². The molecule has 0 aliphatic carbocycles. The van der Waals surface area contributed by atoms with Crippen molar-refractivity contribution < 1.29 is 9.47 Å². The van der Waals surface area contributed by atoms with Gasteiger partial charge in [-0.3, -0.25) is 9.89 Å². The second-order valence-electron chi connectivity index (χ2n) is 7.04. The van der Waals surface area contributed by atoms with Crippen LogP contribution in [0.4, 0.5) is 0 Å².